The van der Waals surface area contributed by atoms with Crippen LogP contribution in [0.1, 0.15) is 53.6 Å². The van der Waals surface area contributed by atoms with Gasteiger partial charge in [-0.25, -0.2) is 4.98 Å². The number of rotatable bonds is 6. The van der Waals surface area contributed by atoms with E-state index >= 15 is 0 Å². The van der Waals surface area contributed by atoms with Gasteiger partial charge in [0.05, 0.1) is 5.56 Å². The Morgan fingerprint density at radius 2 is 1.77 bits per heavy atom. The molecular weight excluding hydrogens is 508 g/mol. The molecule has 0 unspecified atom stereocenters. The fraction of sp³-hybridized carbons (Fsp3) is 0.344. The molecule has 39 heavy (non-hydrogen) atoms. The summed E-state index contributed by atoms with van der Waals surface area (Å²) in [5.41, 5.74) is 8.15. The van der Waals surface area contributed by atoms with E-state index in [1.165, 1.54) is 12.8 Å². The van der Waals surface area contributed by atoms with Gasteiger partial charge in [-0.1, -0.05) is 35.6 Å². The number of carbonyl (C=O) groups is 2. The summed E-state index contributed by atoms with van der Waals surface area (Å²) in [5, 5.41) is 2.39. The molecule has 5 rings (SSSR count). The highest BCUT2D eigenvalue weighted by molar-refractivity contribution is 6.31. The zero-order valence-corrected chi connectivity index (χ0v) is 22.8. The van der Waals surface area contributed by atoms with Crippen molar-refractivity contribution in [2.75, 3.05) is 38.5 Å². The number of hydrogen-bond donors (Lipinski definition) is 1. The van der Waals surface area contributed by atoms with E-state index in [2.05, 4.69) is 21.7 Å². The summed E-state index contributed by atoms with van der Waals surface area (Å²) in [5.74, 6) is 7.17. The number of anilines is 1. The lowest BCUT2D eigenvalue weighted by Gasteiger charge is -2.31. The zero-order chi connectivity index (χ0) is 27.2. The zero-order valence-electron chi connectivity index (χ0n) is 22.0. The molecule has 200 valence electrons. The van der Waals surface area contributed by atoms with E-state index in [0.29, 0.717) is 47.4 Å². The molecule has 0 aliphatic carbocycles. The highest BCUT2D eigenvalue weighted by Gasteiger charge is 2.24. The Morgan fingerprint density at radius 1 is 1.03 bits per heavy atom. The molecule has 2 aromatic carbocycles. The standard InChI is InChI=1S/C32H33ClN4O2/c33-27-11-10-26-22-35-31(34)29(30(26)21-27)12-7-23-5-8-25(9-6-23)32(39)37-18-13-24(14-19-37)20-28(38)4-3-17-36-15-1-2-16-36/h3-6,8-11,21-22,24H,1-2,13-20H2,(H2,34,35)/b4-3+. The normalized spacial score (nSPS) is 16.5. The Kier molecular flexibility index (Phi) is 8.61. The molecule has 6 nitrogen and oxygen atoms in total. The molecule has 2 fully saturated rings. The highest BCUT2D eigenvalue weighted by atomic mass is 35.5. The van der Waals surface area contributed by atoms with Gasteiger partial charge in [-0.05, 0) is 87.2 Å². The molecule has 2 saturated heterocycles. The first-order chi connectivity index (χ1) is 19.0. The van der Waals surface area contributed by atoms with Gasteiger partial charge in [0.2, 0.25) is 0 Å². The minimum atomic E-state index is 0.0157. The van der Waals surface area contributed by atoms with Crippen LogP contribution in [-0.4, -0.2) is 59.2 Å². The van der Waals surface area contributed by atoms with Crippen LogP contribution in [0.3, 0.4) is 0 Å². The molecule has 1 aromatic heterocycles. The third kappa shape index (κ3) is 6.86. The predicted molar refractivity (Wildman–Crippen MR) is 157 cm³/mol. The van der Waals surface area contributed by atoms with E-state index < -0.39 is 0 Å². The number of nitrogens with two attached hydrogens (primary N) is 1. The molecular formula is C32H33ClN4O2. The molecule has 3 aromatic rings. The van der Waals surface area contributed by atoms with Crippen molar-refractivity contribution in [3.63, 3.8) is 0 Å². The van der Waals surface area contributed by atoms with Gasteiger partial charge >= 0.3 is 0 Å². The molecule has 2 N–H and O–H groups in total. The predicted octanol–water partition coefficient (Wildman–Crippen LogP) is 5.33. The van der Waals surface area contributed by atoms with Crippen molar-refractivity contribution in [2.45, 2.75) is 32.1 Å². The summed E-state index contributed by atoms with van der Waals surface area (Å²) in [6.45, 7) is 4.48. The third-order valence-electron chi connectivity index (χ3n) is 7.60. The molecule has 0 radical (unpaired) electrons. The van der Waals surface area contributed by atoms with Crippen LogP contribution in [0.4, 0.5) is 5.82 Å². The molecule has 7 heteroatoms. The molecule has 0 saturated carbocycles. The highest BCUT2D eigenvalue weighted by Crippen LogP contribution is 2.25. The summed E-state index contributed by atoms with van der Waals surface area (Å²) in [6.07, 6.45) is 10.2. The monoisotopic (exact) mass is 540 g/mol. The topological polar surface area (TPSA) is 79.5 Å². The smallest absolute Gasteiger partial charge is 0.253 e. The van der Waals surface area contributed by atoms with Crippen molar-refractivity contribution < 1.29 is 9.59 Å². The Bertz CT molecular complexity index is 1440. The molecule has 3 heterocycles. The molecule has 0 spiro atoms. The summed E-state index contributed by atoms with van der Waals surface area (Å²) in [4.78, 5) is 34.0. The average Bonchev–Trinajstić information content (AvgIpc) is 3.46. The number of allylic oxidation sites excluding steroid dienone is 1. The Balaban J connectivity index is 1.15. The summed E-state index contributed by atoms with van der Waals surface area (Å²) in [6, 6.07) is 12.9. The fourth-order valence-electron chi connectivity index (χ4n) is 5.34. The second-order valence-corrected chi connectivity index (χ2v) is 10.8. The van der Waals surface area contributed by atoms with Crippen LogP contribution in [0.15, 0.2) is 60.8 Å². The molecule has 1 amide bonds. The van der Waals surface area contributed by atoms with E-state index in [1.807, 2.05) is 53.4 Å². The molecule has 0 bridgehead atoms. The first-order valence-electron chi connectivity index (χ1n) is 13.6. The number of benzene rings is 2. The van der Waals surface area contributed by atoms with Crippen LogP contribution in [0, 0.1) is 17.8 Å². The summed E-state index contributed by atoms with van der Waals surface area (Å²) in [7, 11) is 0. The number of pyridine rings is 1. The quantitative estimate of drug-likeness (QED) is 0.337. The van der Waals surface area contributed by atoms with Crippen LogP contribution in [-0.2, 0) is 4.79 Å². The number of likely N-dealkylation sites (tertiary alicyclic amines) is 2. The Labute approximate surface area is 234 Å². The number of piperidine rings is 1. The van der Waals surface area contributed by atoms with Crippen molar-refractivity contribution in [1.29, 1.82) is 0 Å². The van der Waals surface area contributed by atoms with Gasteiger partial charge in [-0.2, -0.15) is 0 Å². The maximum atomic E-state index is 13.1. The molecule has 2 aliphatic heterocycles. The van der Waals surface area contributed by atoms with Crippen molar-refractivity contribution in [1.82, 2.24) is 14.8 Å². The second kappa shape index (κ2) is 12.5. The average molecular weight is 541 g/mol. The minimum absolute atomic E-state index is 0.0157. The Morgan fingerprint density at radius 3 is 2.51 bits per heavy atom. The maximum absolute atomic E-state index is 13.1. The fourth-order valence-corrected chi connectivity index (χ4v) is 5.51. The van der Waals surface area contributed by atoms with Gasteiger partial charge in [0.15, 0.2) is 5.78 Å². The summed E-state index contributed by atoms with van der Waals surface area (Å²) >= 11 is 6.18. The van der Waals surface area contributed by atoms with E-state index in [4.69, 9.17) is 17.3 Å². The van der Waals surface area contributed by atoms with Crippen LogP contribution in [0.2, 0.25) is 5.02 Å². The van der Waals surface area contributed by atoms with Crippen molar-refractivity contribution in [3.8, 4) is 11.8 Å². The van der Waals surface area contributed by atoms with Gasteiger partial charge < -0.3 is 10.6 Å². The number of amides is 1. The number of ketones is 1. The Hall–Kier alpha value is -3.66. The SMILES string of the molecule is Nc1ncc2ccc(Cl)cc2c1C#Cc1ccc(C(=O)N2CCC(CC(=O)/C=C/CN3CCCC3)CC2)cc1. The number of nitrogens with zero attached hydrogens (tertiary/aromatic N) is 3. The van der Waals surface area contributed by atoms with Gasteiger partial charge in [0.1, 0.15) is 5.82 Å². The number of aromatic nitrogens is 1. The molecule has 0 atom stereocenters. The number of carbonyl (C=O) groups excluding carboxylic acids is 2. The van der Waals surface area contributed by atoms with Crippen molar-refractivity contribution in [2.24, 2.45) is 5.92 Å². The van der Waals surface area contributed by atoms with Gasteiger partial charge in [-0.3, -0.25) is 14.5 Å². The summed E-state index contributed by atoms with van der Waals surface area (Å²) < 4.78 is 0. The first-order valence-corrected chi connectivity index (χ1v) is 14.0. The number of fused-ring (bicyclic) bond motifs is 1. The van der Waals surface area contributed by atoms with E-state index in [9.17, 15) is 9.59 Å². The van der Waals surface area contributed by atoms with Gasteiger partial charge in [0, 0.05) is 59.2 Å². The third-order valence-corrected chi connectivity index (χ3v) is 7.84. The van der Waals surface area contributed by atoms with E-state index in [0.717, 1.165) is 48.8 Å². The lowest BCUT2D eigenvalue weighted by Crippen LogP contribution is -2.38. The van der Waals surface area contributed by atoms with Crippen LogP contribution in [0.5, 0.6) is 0 Å². The second-order valence-electron chi connectivity index (χ2n) is 10.4. The lowest BCUT2D eigenvalue weighted by molar-refractivity contribution is -0.115. The number of nitrogen functional groups attached to an aromatic ring is 1. The van der Waals surface area contributed by atoms with E-state index in [1.54, 1.807) is 12.3 Å². The number of hydrogen-bond acceptors (Lipinski definition) is 5. The van der Waals surface area contributed by atoms with Gasteiger partial charge in [-0.15, -0.1) is 0 Å². The molecule has 2 aliphatic rings. The maximum Gasteiger partial charge on any atom is 0.253 e. The van der Waals surface area contributed by atoms with Crippen molar-refractivity contribution >= 4 is 39.9 Å². The largest absolute Gasteiger partial charge is 0.383 e. The van der Waals surface area contributed by atoms with Crippen molar-refractivity contribution in [3.05, 3.63) is 82.5 Å². The van der Waals surface area contributed by atoms with Crippen LogP contribution in [0.25, 0.3) is 10.8 Å². The number of halogens is 1. The first kappa shape index (κ1) is 26.9. The van der Waals surface area contributed by atoms with Crippen LogP contribution < -0.4 is 5.73 Å². The van der Waals surface area contributed by atoms with E-state index in [-0.39, 0.29) is 11.7 Å². The minimum Gasteiger partial charge on any atom is -0.383 e. The van der Waals surface area contributed by atoms with Crippen LogP contribution >= 0.6 is 11.6 Å². The van der Waals surface area contributed by atoms with Gasteiger partial charge in [0.25, 0.3) is 5.91 Å². The lowest BCUT2D eigenvalue weighted by atomic mass is 9.91.